The van der Waals surface area contributed by atoms with E-state index in [-0.39, 0.29) is 6.61 Å². The molecule has 1 N–H and O–H groups in total. The third-order valence-corrected chi connectivity index (χ3v) is 2.30. The summed E-state index contributed by atoms with van der Waals surface area (Å²) in [4.78, 5) is 0. The molecule has 0 saturated carbocycles. The first-order chi connectivity index (χ1) is 5.77. The number of aliphatic hydroxyl groups is 1. The molecular weight excluding hydrogens is 218 g/mol. The zero-order valence-electron chi connectivity index (χ0n) is 6.42. The van der Waals surface area contributed by atoms with E-state index in [2.05, 4.69) is 15.9 Å². The van der Waals surface area contributed by atoms with Gasteiger partial charge in [-0.1, -0.05) is 22.0 Å². The minimum atomic E-state index is 0.129. The van der Waals surface area contributed by atoms with Gasteiger partial charge in [0.15, 0.2) is 0 Å². The highest BCUT2D eigenvalue weighted by molar-refractivity contribution is 9.10. The molecule has 0 heterocycles. The summed E-state index contributed by atoms with van der Waals surface area (Å²) in [5, 5.41) is 17.2. The predicted octanol–water partition coefficient (Wildman–Crippen LogP) is 1.86. The van der Waals surface area contributed by atoms with Crippen LogP contribution in [-0.4, -0.2) is 11.7 Å². The standard InChI is InChI=1S/C9H8BrNO/c10-9-5-7(6-11)1-2-8(9)3-4-12/h1-2,5,12H,3-4H2. The van der Waals surface area contributed by atoms with Crippen molar-refractivity contribution in [3.63, 3.8) is 0 Å². The Kier molecular flexibility index (Phi) is 3.27. The van der Waals surface area contributed by atoms with Gasteiger partial charge in [0.2, 0.25) is 0 Å². The molecule has 12 heavy (non-hydrogen) atoms. The average molecular weight is 226 g/mol. The lowest BCUT2D eigenvalue weighted by Crippen LogP contribution is -1.92. The Labute approximate surface area is 79.6 Å². The molecule has 0 spiro atoms. The second-order valence-electron chi connectivity index (χ2n) is 2.39. The van der Waals surface area contributed by atoms with E-state index in [4.69, 9.17) is 10.4 Å². The van der Waals surface area contributed by atoms with E-state index in [0.29, 0.717) is 12.0 Å². The van der Waals surface area contributed by atoms with Crippen molar-refractivity contribution in [2.24, 2.45) is 0 Å². The van der Waals surface area contributed by atoms with Crippen molar-refractivity contribution in [3.8, 4) is 6.07 Å². The van der Waals surface area contributed by atoms with Crippen molar-refractivity contribution in [1.29, 1.82) is 5.26 Å². The number of nitriles is 1. The van der Waals surface area contributed by atoms with Gasteiger partial charge in [0, 0.05) is 11.1 Å². The number of hydrogen-bond donors (Lipinski definition) is 1. The van der Waals surface area contributed by atoms with E-state index in [1.54, 1.807) is 12.1 Å². The van der Waals surface area contributed by atoms with E-state index >= 15 is 0 Å². The quantitative estimate of drug-likeness (QED) is 0.836. The van der Waals surface area contributed by atoms with Crippen LogP contribution >= 0.6 is 15.9 Å². The molecule has 0 aliphatic carbocycles. The molecule has 1 rings (SSSR count). The number of aliphatic hydroxyl groups excluding tert-OH is 1. The van der Waals surface area contributed by atoms with Gasteiger partial charge in [-0.3, -0.25) is 0 Å². The molecule has 0 aliphatic heterocycles. The van der Waals surface area contributed by atoms with Gasteiger partial charge in [-0.15, -0.1) is 0 Å². The Hall–Kier alpha value is -0.850. The van der Waals surface area contributed by atoms with E-state index < -0.39 is 0 Å². The van der Waals surface area contributed by atoms with Crippen molar-refractivity contribution in [3.05, 3.63) is 33.8 Å². The Bertz CT molecular complexity index is 317. The predicted molar refractivity (Wildman–Crippen MR) is 49.6 cm³/mol. The summed E-state index contributed by atoms with van der Waals surface area (Å²) in [5.74, 6) is 0. The maximum atomic E-state index is 8.68. The van der Waals surface area contributed by atoms with E-state index in [1.165, 1.54) is 0 Å². The van der Waals surface area contributed by atoms with Crippen LogP contribution in [0.4, 0.5) is 0 Å². The molecule has 0 fully saturated rings. The Morgan fingerprint density at radius 1 is 1.50 bits per heavy atom. The minimum absolute atomic E-state index is 0.129. The molecule has 0 aliphatic rings. The van der Waals surface area contributed by atoms with Gasteiger partial charge in [-0.05, 0) is 24.1 Å². The van der Waals surface area contributed by atoms with Crippen LogP contribution in [0.25, 0.3) is 0 Å². The fraction of sp³-hybridized carbons (Fsp3) is 0.222. The van der Waals surface area contributed by atoms with Crippen LogP contribution in [0.15, 0.2) is 22.7 Å². The number of halogens is 1. The topological polar surface area (TPSA) is 44.0 Å². The minimum Gasteiger partial charge on any atom is -0.396 e. The van der Waals surface area contributed by atoms with Crippen LogP contribution in [-0.2, 0) is 6.42 Å². The molecule has 1 aromatic carbocycles. The highest BCUT2D eigenvalue weighted by Gasteiger charge is 1.99. The van der Waals surface area contributed by atoms with Crippen molar-refractivity contribution in [1.82, 2.24) is 0 Å². The zero-order chi connectivity index (χ0) is 8.97. The summed E-state index contributed by atoms with van der Waals surface area (Å²) >= 11 is 3.33. The molecule has 0 aromatic heterocycles. The molecule has 0 atom stereocenters. The van der Waals surface area contributed by atoms with E-state index in [0.717, 1.165) is 10.0 Å². The molecule has 0 unspecified atom stereocenters. The first-order valence-electron chi connectivity index (χ1n) is 3.57. The van der Waals surface area contributed by atoms with Crippen molar-refractivity contribution in [2.45, 2.75) is 6.42 Å². The fourth-order valence-electron chi connectivity index (χ4n) is 0.940. The largest absolute Gasteiger partial charge is 0.396 e. The lowest BCUT2D eigenvalue weighted by atomic mass is 10.1. The maximum Gasteiger partial charge on any atom is 0.0992 e. The zero-order valence-corrected chi connectivity index (χ0v) is 8.00. The van der Waals surface area contributed by atoms with Crippen molar-refractivity contribution in [2.75, 3.05) is 6.61 Å². The smallest absolute Gasteiger partial charge is 0.0992 e. The summed E-state index contributed by atoms with van der Waals surface area (Å²) in [7, 11) is 0. The summed E-state index contributed by atoms with van der Waals surface area (Å²) < 4.78 is 0.885. The van der Waals surface area contributed by atoms with Gasteiger partial charge in [0.05, 0.1) is 11.6 Å². The third kappa shape index (κ3) is 2.07. The Morgan fingerprint density at radius 3 is 2.75 bits per heavy atom. The number of benzene rings is 1. The van der Waals surface area contributed by atoms with Crippen LogP contribution in [0.5, 0.6) is 0 Å². The molecule has 2 nitrogen and oxygen atoms in total. The second kappa shape index (κ2) is 4.24. The molecular formula is C9H8BrNO. The lowest BCUT2D eigenvalue weighted by Gasteiger charge is -2.01. The first-order valence-corrected chi connectivity index (χ1v) is 4.36. The molecule has 0 saturated heterocycles. The molecule has 3 heteroatoms. The molecule has 0 bridgehead atoms. The third-order valence-electron chi connectivity index (χ3n) is 1.56. The highest BCUT2D eigenvalue weighted by Crippen LogP contribution is 2.18. The van der Waals surface area contributed by atoms with Gasteiger partial charge < -0.3 is 5.11 Å². The monoisotopic (exact) mass is 225 g/mol. The molecule has 62 valence electrons. The fourth-order valence-corrected chi connectivity index (χ4v) is 1.52. The summed E-state index contributed by atoms with van der Waals surface area (Å²) in [5.41, 5.74) is 1.65. The van der Waals surface area contributed by atoms with Crippen LogP contribution < -0.4 is 0 Å². The van der Waals surface area contributed by atoms with E-state index in [9.17, 15) is 0 Å². The Balaban J connectivity index is 2.97. The van der Waals surface area contributed by atoms with Crippen LogP contribution in [0.3, 0.4) is 0 Å². The van der Waals surface area contributed by atoms with Gasteiger partial charge in [-0.25, -0.2) is 0 Å². The number of hydrogen-bond acceptors (Lipinski definition) is 2. The van der Waals surface area contributed by atoms with Crippen LogP contribution in [0.2, 0.25) is 0 Å². The summed E-state index contributed by atoms with van der Waals surface area (Å²) in [6.45, 7) is 0.129. The maximum absolute atomic E-state index is 8.68. The van der Waals surface area contributed by atoms with Gasteiger partial charge >= 0.3 is 0 Å². The Morgan fingerprint density at radius 2 is 2.25 bits per heavy atom. The van der Waals surface area contributed by atoms with Crippen LogP contribution in [0.1, 0.15) is 11.1 Å². The summed E-state index contributed by atoms with van der Waals surface area (Å²) in [6, 6.07) is 7.39. The van der Waals surface area contributed by atoms with Gasteiger partial charge in [-0.2, -0.15) is 5.26 Å². The number of rotatable bonds is 2. The second-order valence-corrected chi connectivity index (χ2v) is 3.25. The van der Waals surface area contributed by atoms with Crippen molar-refractivity contribution >= 4 is 15.9 Å². The number of nitrogens with zero attached hydrogens (tertiary/aromatic N) is 1. The van der Waals surface area contributed by atoms with Crippen LogP contribution in [0, 0.1) is 11.3 Å². The average Bonchev–Trinajstić information content (AvgIpc) is 2.09. The van der Waals surface area contributed by atoms with Crippen molar-refractivity contribution < 1.29 is 5.11 Å². The normalized spacial score (nSPS) is 9.42. The highest BCUT2D eigenvalue weighted by atomic mass is 79.9. The SMILES string of the molecule is N#Cc1ccc(CCO)c(Br)c1. The van der Waals surface area contributed by atoms with Gasteiger partial charge in [0.25, 0.3) is 0 Å². The molecule has 0 amide bonds. The molecule has 1 aromatic rings. The first kappa shape index (κ1) is 9.24. The van der Waals surface area contributed by atoms with E-state index in [1.807, 2.05) is 12.1 Å². The summed E-state index contributed by atoms with van der Waals surface area (Å²) in [6.07, 6.45) is 0.617. The molecule has 0 radical (unpaired) electrons. The van der Waals surface area contributed by atoms with Gasteiger partial charge in [0.1, 0.15) is 0 Å². The lowest BCUT2D eigenvalue weighted by molar-refractivity contribution is 0.299.